The Morgan fingerprint density at radius 1 is 1.57 bits per heavy atom. The van der Waals surface area contributed by atoms with Gasteiger partial charge in [-0.3, -0.25) is 0 Å². The van der Waals surface area contributed by atoms with Crippen molar-refractivity contribution < 1.29 is 0 Å². The molecule has 0 aliphatic heterocycles. The fraction of sp³-hybridized carbons (Fsp3) is 0.727. The molecular formula is C11H19N3. The zero-order chi connectivity index (χ0) is 9.80. The predicted octanol–water partition coefficient (Wildman–Crippen LogP) is 1.70. The molecule has 0 atom stereocenters. The van der Waals surface area contributed by atoms with Crippen LogP contribution in [0.2, 0.25) is 0 Å². The first-order valence-corrected chi connectivity index (χ1v) is 5.53. The molecule has 1 aromatic rings. The summed E-state index contributed by atoms with van der Waals surface area (Å²) in [5, 5.41) is 3.44. The molecular weight excluding hydrogens is 174 g/mol. The lowest BCUT2D eigenvalue weighted by Crippen LogP contribution is -2.22. The summed E-state index contributed by atoms with van der Waals surface area (Å²) in [4.78, 5) is 4.27. The summed E-state index contributed by atoms with van der Waals surface area (Å²) >= 11 is 0. The van der Waals surface area contributed by atoms with Crippen molar-refractivity contribution in [2.24, 2.45) is 13.0 Å². The van der Waals surface area contributed by atoms with Crippen molar-refractivity contribution in [3.63, 3.8) is 0 Å². The second-order valence-corrected chi connectivity index (χ2v) is 4.22. The van der Waals surface area contributed by atoms with Gasteiger partial charge in [-0.15, -0.1) is 0 Å². The molecule has 1 aliphatic rings. The molecule has 2 rings (SSSR count). The third-order valence-corrected chi connectivity index (χ3v) is 3.16. The average Bonchev–Trinajstić information content (AvgIpc) is 2.48. The van der Waals surface area contributed by atoms with Gasteiger partial charge in [-0.25, -0.2) is 4.98 Å². The van der Waals surface area contributed by atoms with Gasteiger partial charge in [-0.2, -0.15) is 0 Å². The van der Waals surface area contributed by atoms with Crippen molar-refractivity contribution in [2.45, 2.75) is 32.2 Å². The van der Waals surface area contributed by atoms with Crippen molar-refractivity contribution in [3.05, 3.63) is 18.2 Å². The highest BCUT2D eigenvalue weighted by Crippen LogP contribution is 2.28. The van der Waals surface area contributed by atoms with Crippen LogP contribution in [-0.2, 0) is 13.6 Å². The molecule has 1 heterocycles. The first-order valence-electron chi connectivity index (χ1n) is 5.53. The van der Waals surface area contributed by atoms with E-state index in [1.807, 2.05) is 19.4 Å². The molecule has 0 bridgehead atoms. The Hall–Kier alpha value is -0.830. The van der Waals surface area contributed by atoms with E-state index in [1.165, 1.54) is 25.7 Å². The van der Waals surface area contributed by atoms with Gasteiger partial charge >= 0.3 is 0 Å². The number of aromatic nitrogens is 2. The molecule has 3 nitrogen and oxygen atoms in total. The van der Waals surface area contributed by atoms with E-state index < -0.39 is 0 Å². The van der Waals surface area contributed by atoms with Gasteiger partial charge in [0.25, 0.3) is 0 Å². The SMILES string of the molecule is Cn1ccnc1CNCCC1CCC1. The molecule has 1 fully saturated rings. The zero-order valence-electron chi connectivity index (χ0n) is 8.87. The molecule has 0 saturated heterocycles. The van der Waals surface area contributed by atoms with Gasteiger partial charge in [0.1, 0.15) is 5.82 Å². The smallest absolute Gasteiger partial charge is 0.122 e. The summed E-state index contributed by atoms with van der Waals surface area (Å²) in [6, 6.07) is 0. The Labute approximate surface area is 85.5 Å². The van der Waals surface area contributed by atoms with Gasteiger partial charge < -0.3 is 9.88 Å². The number of rotatable bonds is 5. The van der Waals surface area contributed by atoms with Crippen LogP contribution >= 0.6 is 0 Å². The Morgan fingerprint density at radius 2 is 2.43 bits per heavy atom. The van der Waals surface area contributed by atoms with Crippen LogP contribution < -0.4 is 5.32 Å². The number of aryl methyl sites for hydroxylation is 1. The first kappa shape index (κ1) is 9.71. The van der Waals surface area contributed by atoms with Gasteiger partial charge in [0.2, 0.25) is 0 Å². The molecule has 0 amide bonds. The summed E-state index contributed by atoms with van der Waals surface area (Å²) in [7, 11) is 2.04. The van der Waals surface area contributed by atoms with Crippen LogP contribution in [0.4, 0.5) is 0 Å². The summed E-state index contributed by atoms with van der Waals surface area (Å²) < 4.78 is 2.07. The summed E-state index contributed by atoms with van der Waals surface area (Å²) in [6.07, 6.45) is 9.52. The Balaban J connectivity index is 1.60. The van der Waals surface area contributed by atoms with Gasteiger partial charge in [0.15, 0.2) is 0 Å². The van der Waals surface area contributed by atoms with Crippen molar-refractivity contribution in [1.82, 2.24) is 14.9 Å². The van der Waals surface area contributed by atoms with Crippen LogP contribution in [0.5, 0.6) is 0 Å². The van der Waals surface area contributed by atoms with E-state index in [-0.39, 0.29) is 0 Å². The van der Waals surface area contributed by atoms with Gasteiger partial charge in [-0.05, 0) is 18.9 Å². The largest absolute Gasteiger partial charge is 0.337 e. The van der Waals surface area contributed by atoms with Crippen LogP contribution in [0.25, 0.3) is 0 Å². The summed E-state index contributed by atoms with van der Waals surface area (Å²) in [5.41, 5.74) is 0. The number of nitrogens with one attached hydrogen (secondary N) is 1. The van der Waals surface area contributed by atoms with E-state index in [4.69, 9.17) is 0 Å². The predicted molar refractivity (Wildman–Crippen MR) is 56.9 cm³/mol. The average molecular weight is 193 g/mol. The van der Waals surface area contributed by atoms with E-state index in [0.29, 0.717) is 0 Å². The monoisotopic (exact) mass is 193 g/mol. The Morgan fingerprint density at radius 3 is 3.00 bits per heavy atom. The molecule has 0 radical (unpaired) electrons. The third kappa shape index (κ3) is 2.35. The number of hydrogen-bond donors (Lipinski definition) is 1. The molecule has 78 valence electrons. The zero-order valence-corrected chi connectivity index (χ0v) is 8.87. The van der Waals surface area contributed by atoms with Crippen LogP contribution in [0.3, 0.4) is 0 Å². The van der Waals surface area contributed by atoms with Crippen molar-refractivity contribution in [2.75, 3.05) is 6.54 Å². The lowest BCUT2D eigenvalue weighted by Gasteiger charge is -2.25. The quantitative estimate of drug-likeness (QED) is 0.721. The number of nitrogens with zero attached hydrogens (tertiary/aromatic N) is 2. The van der Waals surface area contributed by atoms with Crippen LogP contribution in [0.15, 0.2) is 12.4 Å². The maximum Gasteiger partial charge on any atom is 0.122 e. The van der Waals surface area contributed by atoms with Crippen LogP contribution in [0, 0.1) is 5.92 Å². The van der Waals surface area contributed by atoms with Crippen molar-refractivity contribution in [3.8, 4) is 0 Å². The molecule has 1 N–H and O–H groups in total. The Bertz CT molecular complexity index is 276. The normalized spacial score (nSPS) is 16.9. The Kier molecular flexibility index (Phi) is 3.19. The number of imidazole rings is 1. The van der Waals surface area contributed by atoms with E-state index in [2.05, 4.69) is 14.9 Å². The molecule has 1 aromatic heterocycles. The maximum absolute atomic E-state index is 4.27. The molecule has 0 spiro atoms. The molecule has 0 aromatic carbocycles. The molecule has 1 aliphatic carbocycles. The molecule has 3 heteroatoms. The van der Waals surface area contributed by atoms with Gasteiger partial charge in [0.05, 0.1) is 6.54 Å². The third-order valence-electron chi connectivity index (χ3n) is 3.16. The van der Waals surface area contributed by atoms with E-state index in [0.717, 1.165) is 24.8 Å². The minimum absolute atomic E-state index is 0.899. The molecule has 1 saturated carbocycles. The highest BCUT2D eigenvalue weighted by Gasteiger charge is 2.16. The van der Waals surface area contributed by atoms with E-state index >= 15 is 0 Å². The summed E-state index contributed by atoms with van der Waals surface area (Å²) in [5.74, 6) is 2.13. The fourth-order valence-corrected chi connectivity index (χ4v) is 1.85. The minimum Gasteiger partial charge on any atom is -0.337 e. The maximum atomic E-state index is 4.27. The molecule has 0 unspecified atom stereocenters. The second kappa shape index (κ2) is 4.60. The van der Waals surface area contributed by atoms with Crippen molar-refractivity contribution >= 4 is 0 Å². The fourth-order valence-electron chi connectivity index (χ4n) is 1.85. The van der Waals surface area contributed by atoms with Crippen LogP contribution in [-0.4, -0.2) is 16.1 Å². The van der Waals surface area contributed by atoms with Gasteiger partial charge in [0, 0.05) is 19.4 Å². The highest BCUT2D eigenvalue weighted by atomic mass is 15.1. The first-order chi connectivity index (χ1) is 6.86. The van der Waals surface area contributed by atoms with E-state index in [1.54, 1.807) is 0 Å². The molecule has 14 heavy (non-hydrogen) atoms. The van der Waals surface area contributed by atoms with Crippen molar-refractivity contribution in [1.29, 1.82) is 0 Å². The standard InChI is InChI=1S/C11H19N3/c1-14-8-7-13-11(14)9-12-6-5-10-3-2-4-10/h7-8,10,12H,2-6,9H2,1H3. The number of hydrogen-bond acceptors (Lipinski definition) is 2. The van der Waals surface area contributed by atoms with E-state index in [9.17, 15) is 0 Å². The van der Waals surface area contributed by atoms with Gasteiger partial charge in [-0.1, -0.05) is 19.3 Å². The van der Waals surface area contributed by atoms with Crippen LogP contribution in [0.1, 0.15) is 31.5 Å². The minimum atomic E-state index is 0.899. The lowest BCUT2D eigenvalue weighted by atomic mass is 9.83. The lowest BCUT2D eigenvalue weighted by molar-refractivity contribution is 0.291. The highest BCUT2D eigenvalue weighted by molar-refractivity contribution is 4.90. The second-order valence-electron chi connectivity index (χ2n) is 4.22. The summed E-state index contributed by atoms with van der Waals surface area (Å²) in [6.45, 7) is 2.04. The topological polar surface area (TPSA) is 29.9 Å².